The van der Waals surface area contributed by atoms with Crippen molar-refractivity contribution in [1.82, 2.24) is 20.3 Å². The van der Waals surface area contributed by atoms with Gasteiger partial charge in [0.25, 0.3) is 5.91 Å². The normalized spacial score (nSPS) is 11.7. The molecule has 0 aliphatic heterocycles. The molecule has 0 saturated carbocycles. The Morgan fingerprint density at radius 1 is 1.00 bits per heavy atom. The van der Waals surface area contributed by atoms with E-state index in [-0.39, 0.29) is 12.3 Å². The summed E-state index contributed by atoms with van der Waals surface area (Å²) in [4.78, 5) is 35.2. The molecular formula is C27H29N5O3. The summed E-state index contributed by atoms with van der Waals surface area (Å²) in [6.07, 6.45) is 5.58. The Hall–Kier alpha value is -4.33. The number of benzene rings is 2. The van der Waals surface area contributed by atoms with Gasteiger partial charge >= 0.3 is 5.97 Å². The van der Waals surface area contributed by atoms with Crippen LogP contribution >= 0.6 is 0 Å². The molecular weight excluding hydrogens is 442 g/mol. The largest absolute Gasteiger partial charge is 0.480 e. The lowest BCUT2D eigenvalue weighted by molar-refractivity contribution is -0.139. The minimum atomic E-state index is -1.07. The molecule has 8 nitrogen and oxygen atoms in total. The van der Waals surface area contributed by atoms with Crippen molar-refractivity contribution in [2.45, 2.75) is 39.8 Å². The molecule has 0 fully saturated rings. The minimum absolute atomic E-state index is 0.189. The Morgan fingerprint density at radius 2 is 1.71 bits per heavy atom. The molecule has 2 aromatic heterocycles. The third-order valence-corrected chi connectivity index (χ3v) is 5.91. The predicted molar refractivity (Wildman–Crippen MR) is 135 cm³/mol. The van der Waals surface area contributed by atoms with Crippen molar-refractivity contribution in [3.8, 4) is 11.3 Å². The summed E-state index contributed by atoms with van der Waals surface area (Å²) in [6.45, 7) is 6.32. The standard InChI is InChI=1S/C27H29N5O3/c1-16-10-17(2)24(18(3)11-16)25(33)32-23(26(34)35)12-19-4-6-21(7-5-19)22-13-20(14-30-22)15-31-27-28-8-9-29-27/h4-11,13-14,23,30H,12,15H2,1-3H3,(H,32,33)(H,34,35)(H2,28,29,31). The van der Waals surface area contributed by atoms with Crippen LogP contribution in [0.1, 0.15) is 38.2 Å². The zero-order valence-corrected chi connectivity index (χ0v) is 20.0. The number of amides is 1. The van der Waals surface area contributed by atoms with E-state index < -0.39 is 12.0 Å². The number of nitrogens with one attached hydrogen (secondary N) is 4. The van der Waals surface area contributed by atoms with Gasteiger partial charge in [0.05, 0.1) is 0 Å². The number of H-pyrrole nitrogens is 2. The number of imidazole rings is 1. The average molecular weight is 472 g/mol. The zero-order chi connectivity index (χ0) is 24.9. The van der Waals surface area contributed by atoms with Gasteiger partial charge in [0.2, 0.25) is 0 Å². The Kier molecular flexibility index (Phi) is 7.01. The van der Waals surface area contributed by atoms with Crippen molar-refractivity contribution in [1.29, 1.82) is 0 Å². The molecule has 0 saturated heterocycles. The number of rotatable bonds is 9. The number of hydrogen-bond donors (Lipinski definition) is 5. The van der Waals surface area contributed by atoms with Gasteiger partial charge < -0.3 is 25.7 Å². The van der Waals surface area contributed by atoms with Crippen LogP contribution in [0.4, 0.5) is 5.95 Å². The summed E-state index contributed by atoms with van der Waals surface area (Å²) < 4.78 is 0. The first-order chi connectivity index (χ1) is 16.8. The Labute approximate surface area is 203 Å². The maximum absolute atomic E-state index is 12.9. The molecule has 1 amide bonds. The highest BCUT2D eigenvalue weighted by Gasteiger charge is 2.23. The maximum Gasteiger partial charge on any atom is 0.326 e. The first-order valence-corrected chi connectivity index (χ1v) is 11.4. The van der Waals surface area contributed by atoms with Gasteiger partial charge in [-0.3, -0.25) is 4.79 Å². The number of carboxylic acids is 1. The van der Waals surface area contributed by atoms with Crippen LogP contribution in [0.15, 0.2) is 61.1 Å². The van der Waals surface area contributed by atoms with Gasteiger partial charge in [-0.05, 0) is 54.7 Å². The molecule has 35 heavy (non-hydrogen) atoms. The van der Waals surface area contributed by atoms with Crippen LogP contribution in [-0.4, -0.2) is 38.0 Å². The quantitative estimate of drug-likeness (QED) is 0.248. The summed E-state index contributed by atoms with van der Waals surface area (Å²) >= 11 is 0. The number of carbonyl (C=O) groups is 2. The van der Waals surface area contributed by atoms with Gasteiger partial charge in [0.15, 0.2) is 5.95 Å². The summed E-state index contributed by atoms with van der Waals surface area (Å²) in [7, 11) is 0. The summed E-state index contributed by atoms with van der Waals surface area (Å²) in [5, 5.41) is 15.6. The van der Waals surface area contributed by atoms with E-state index in [0.29, 0.717) is 18.1 Å². The Morgan fingerprint density at radius 3 is 2.34 bits per heavy atom. The lowest BCUT2D eigenvalue weighted by Crippen LogP contribution is -2.42. The molecule has 8 heteroatoms. The van der Waals surface area contributed by atoms with Gasteiger partial charge in [0, 0.05) is 42.8 Å². The molecule has 0 bridgehead atoms. The highest BCUT2D eigenvalue weighted by Crippen LogP contribution is 2.21. The maximum atomic E-state index is 12.9. The van der Waals surface area contributed by atoms with E-state index in [1.807, 2.05) is 63.4 Å². The van der Waals surface area contributed by atoms with E-state index in [0.717, 1.165) is 39.1 Å². The Bertz CT molecular complexity index is 1300. The minimum Gasteiger partial charge on any atom is -0.480 e. The third kappa shape index (κ3) is 5.78. The first kappa shape index (κ1) is 23.8. The fraction of sp³-hybridized carbons (Fsp3) is 0.222. The van der Waals surface area contributed by atoms with Crippen LogP contribution in [0.25, 0.3) is 11.3 Å². The SMILES string of the molecule is Cc1cc(C)c(C(=O)NC(Cc2ccc(-c3cc(CNc4ncc[nH]4)c[nH]3)cc2)C(=O)O)c(C)c1. The molecule has 4 rings (SSSR count). The second-order valence-corrected chi connectivity index (χ2v) is 8.75. The van der Waals surface area contributed by atoms with Crippen molar-refractivity contribution in [3.05, 3.63) is 94.4 Å². The lowest BCUT2D eigenvalue weighted by Gasteiger charge is -2.17. The van der Waals surface area contributed by atoms with Crippen LogP contribution in [0.3, 0.4) is 0 Å². The molecule has 0 spiro atoms. The smallest absolute Gasteiger partial charge is 0.326 e. The van der Waals surface area contributed by atoms with Crippen molar-refractivity contribution in [2.24, 2.45) is 0 Å². The molecule has 0 aliphatic rings. The van der Waals surface area contributed by atoms with Crippen LogP contribution in [0.5, 0.6) is 0 Å². The fourth-order valence-corrected chi connectivity index (χ4v) is 4.28. The molecule has 5 N–H and O–H groups in total. The molecule has 2 aromatic carbocycles. The third-order valence-electron chi connectivity index (χ3n) is 5.91. The number of carbonyl (C=O) groups excluding carboxylic acids is 1. The lowest BCUT2D eigenvalue weighted by atomic mass is 9.98. The van der Waals surface area contributed by atoms with Crippen molar-refractivity contribution in [3.63, 3.8) is 0 Å². The number of hydrogen-bond acceptors (Lipinski definition) is 4. The summed E-state index contributed by atoms with van der Waals surface area (Å²) in [6, 6.07) is 12.5. The van der Waals surface area contributed by atoms with E-state index in [1.54, 1.807) is 12.4 Å². The number of carboxylic acid groups (broad SMARTS) is 1. The Balaban J connectivity index is 1.41. The van der Waals surface area contributed by atoms with E-state index in [9.17, 15) is 14.7 Å². The molecule has 180 valence electrons. The van der Waals surface area contributed by atoms with E-state index >= 15 is 0 Å². The highest BCUT2D eigenvalue weighted by molar-refractivity contribution is 5.99. The van der Waals surface area contributed by atoms with Crippen LogP contribution in [-0.2, 0) is 17.8 Å². The summed E-state index contributed by atoms with van der Waals surface area (Å²) in [5.74, 6) is -0.723. The van der Waals surface area contributed by atoms with Crippen molar-refractivity contribution < 1.29 is 14.7 Å². The number of aryl methyl sites for hydroxylation is 3. The van der Waals surface area contributed by atoms with Crippen LogP contribution < -0.4 is 10.6 Å². The van der Waals surface area contributed by atoms with E-state index in [4.69, 9.17) is 0 Å². The van der Waals surface area contributed by atoms with Gasteiger partial charge in [-0.2, -0.15) is 0 Å². The molecule has 2 heterocycles. The molecule has 0 radical (unpaired) electrons. The highest BCUT2D eigenvalue weighted by atomic mass is 16.4. The summed E-state index contributed by atoms with van der Waals surface area (Å²) in [5.41, 5.74) is 7.11. The van der Waals surface area contributed by atoms with Gasteiger partial charge in [-0.1, -0.05) is 42.0 Å². The van der Waals surface area contributed by atoms with Gasteiger partial charge in [-0.25, -0.2) is 9.78 Å². The number of aromatic nitrogens is 3. The fourth-order valence-electron chi connectivity index (χ4n) is 4.28. The molecule has 1 atom stereocenters. The number of aliphatic carboxylic acids is 1. The average Bonchev–Trinajstić information content (AvgIpc) is 3.49. The van der Waals surface area contributed by atoms with Crippen LogP contribution in [0.2, 0.25) is 0 Å². The van der Waals surface area contributed by atoms with Gasteiger partial charge in [-0.15, -0.1) is 0 Å². The molecule has 0 aliphatic carbocycles. The monoisotopic (exact) mass is 471 g/mol. The number of aromatic amines is 2. The van der Waals surface area contributed by atoms with E-state index in [2.05, 4.69) is 31.7 Å². The second kappa shape index (κ2) is 10.3. The van der Waals surface area contributed by atoms with Crippen molar-refractivity contribution >= 4 is 17.8 Å². The zero-order valence-electron chi connectivity index (χ0n) is 20.0. The van der Waals surface area contributed by atoms with Gasteiger partial charge in [0.1, 0.15) is 6.04 Å². The number of anilines is 1. The van der Waals surface area contributed by atoms with Crippen LogP contribution in [0, 0.1) is 20.8 Å². The first-order valence-electron chi connectivity index (χ1n) is 11.4. The van der Waals surface area contributed by atoms with E-state index in [1.165, 1.54) is 0 Å². The number of nitrogens with zero attached hydrogens (tertiary/aromatic N) is 1. The second-order valence-electron chi connectivity index (χ2n) is 8.75. The predicted octanol–water partition coefficient (Wildman–Crippen LogP) is 4.37. The molecule has 4 aromatic rings. The van der Waals surface area contributed by atoms with Crippen molar-refractivity contribution in [2.75, 3.05) is 5.32 Å². The topological polar surface area (TPSA) is 123 Å². The molecule has 1 unspecified atom stereocenters.